The van der Waals surface area contributed by atoms with Gasteiger partial charge in [0.15, 0.2) is 0 Å². The number of nitro benzene ring substituents is 1. The highest BCUT2D eigenvalue weighted by Crippen LogP contribution is 2.28. The number of rotatable bonds is 4. The standard InChI is InChI=1S/C11H8ClN3O4S/c12-10-6-8(3-4-11(10)15(16)17)14-20(18,19)9-2-1-5-13-7-9/h1-7,14H. The molecule has 1 N–H and O–H groups in total. The minimum atomic E-state index is -3.80. The summed E-state index contributed by atoms with van der Waals surface area (Å²) >= 11 is 5.71. The number of sulfonamides is 1. The molecule has 2 aromatic rings. The molecule has 0 saturated carbocycles. The molecule has 0 atom stereocenters. The minimum Gasteiger partial charge on any atom is -0.280 e. The van der Waals surface area contributed by atoms with Gasteiger partial charge in [-0.25, -0.2) is 8.42 Å². The van der Waals surface area contributed by atoms with Crippen molar-refractivity contribution in [2.75, 3.05) is 4.72 Å². The topological polar surface area (TPSA) is 102 Å². The molecule has 0 aliphatic heterocycles. The van der Waals surface area contributed by atoms with E-state index >= 15 is 0 Å². The fraction of sp³-hybridized carbons (Fsp3) is 0. The van der Waals surface area contributed by atoms with E-state index in [0.29, 0.717) is 0 Å². The second-order valence-corrected chi connectivity index (χ2v) is 5.81. The van der Waals surface area contributed by atoms with Gasteiger partial charge in [-0.3, -0.25) is 19.8 Å². The summed E-state index contributed by atoms with van der Waals surface area (Å²) in [4.78, 5) is 13.7. The van der Waals surface area contributed by atoms with E-state index in [9.17, 15) is 18.5 Å². The largest absolute Gasteiger partial charge is 0.288 e. The van der Waals surface area contributed by atoms with Gasteiger partial charge in [-0.05, 0) is 24.3 Å². The second kappa shape index (κ2) is 5.43. The molecule has 0 radical (unpaired) electrons. The van der Waals surface area contributed by atoms with E-state index in [-0.39, 0.29) is 21.3 Å². The zero-order valence-electron chi connectivity index (χ0n) is 9.86. The maximum absolute atomic E-state index is 12.0. The summed E-state index contributed by atoms with van der Waals surface area (Å²) in [6, 6.07) is 6.43. The van der Waals surface area contributed by atoms with Gasteiger partial charge >= 0.3 is 0 Å². The van der Waals surface area contributed by atoms with Crippen molar-refractivity contribution in [1.82, 2.24) is 4.98 Å². The van der Waals surface area contributed by atoms with Crippen LogP contribution in [0, 0.1) is 10.1 Å². The Hall–Kier alpha value is -2.19. The van der Waals surface area contributed by atoms with Crippen LogP contribution in [-0.4, -0.2) is 18.3 Å². The number of nitrogens with zero attached hydrogens (tertiary/aromatic N) is 2. The summed E-state index contributed by atoms with van der Waals surface area (Å²) in [5.74, 6) is 0. The molecule has 0 unspecified atom stereocenters. The highest BCUT2D eigenvalue weighted by atomic mass is 35.5. The summed E-state index contributed by atoms with van der Waals surface area (Å²) < 4.78 is 26.3. The van der Waals surface area contributed by atoms with E-state index in [4.69, 9.17) is 11.6 Å². The number of benzene rings is 1. The molecule has 0 bridgehead atoms. The molecule has 7 nitrogen and oxygen atoms in total. The minimum absolute atomic E-state index is 0.0190. The molecular weight excluding hydrogens is 306 g/mol. The van der Waals surface area contributed by atoms with Crippen molar-refractivity contribution in [3.05, 3.63) is 57.9 Å². The Morgan fingerprint density at radius 3 is 2.60 bits per heavy atom. The molecule has 0 fully saturated rings. The van der Waals surface area contributed by atoms with E-state index in [1.807, 2.05) is 0 Å². The molecule has 2 rings (SSSR count). The van der Waals surface area contributed by atoms with Crippen molar-refractivity contribution in [3.63, 3.8) is 0 Å². The number of nitrogens with one attached hydrogen (secondary N) is 1. The van der Waals surface area contributed by atoms with Crippen LogP contribution in [0.1, 0.15) is 0 Å². The van der Waals surface area contributed by atoms with Gasteiger partial charge in [0.05, 0.1) is 10.6 Å². The van der Waals surface area contributed by atoms with E-state index < -0.39 is 14.9 Å². The third-order valence-corrected chi connectivity index (χ3v) is 4.01. The number of hydrogen-bond acceptors (Lipinski definition) is 5. The van der Waals surface area contributed by atoms with Crippen molar-refractivity contribution in [2.24, 2.45) is 0 Å². The van der Waals surface area contributed by atoms with Crippen molar-refractivity contribution in [3.8, 4) is 0 Å². The first kappa shape index (κ1) is 14.2. The van der Waals surface area contributed by atoms with Crippen LogP contribution in [0.15, 0.2) is 47.6 Å². The van der Waals surface area contributed by atoms with Crippen LogP contribution in [-0.2, 0) is 10.0 Å². The molecule has 0 amide bonds. The highest BCUT2D eigenvalue weighted by molar-refractivity contribution is 7.92. The van der Waals surface area contributed by atoms with Gasteiger partial charge in [-0.1, -0.05) is 11.6 Å². The highest BCUT2D eigenvalue weighted by Gasteiger charge is 2.17. The number of hydrogen-bond donors (Lipinski definition) is 1. The van der Waals surface area contributed by atoms with Crippen molar-refractivity contribution >= 4 is 33.0 Å². The molecular formula is C11H8ClN3O4S. The van der Waals surface area contributed by atoms with Crippen LogP contribution < -0.4 is 4.72 Å². The summed E-state index contributed by atoms with van der Waals surface area (Å²) in [6.45, 7) is 0. The number of anilines is 1. The fourth-order valence-electron chi connectivity index (χ4n) is 1.44. The third kappa shape index (κ3) is 3.03. The molecule has 1 heterocycles. The molecule has 0 spiro atoms. The molecule has 0 aliphatic carbocycles. The first-order valence-corrected chi connectivity index (χ1v) is 7.13. The first-order chi connectivity index (χ1) is 9.40. The van der Waals surface area contributed by atoms with Crippen LogP contribution in [0.2, 0.25) is 5.02 Å². The van der Waals surface area contributed by atoms with Crippen molar-refractivity contribution < 1.29 is 13.3 Å². The van der Waals surface area contributed by atoms with E-state index in [2.05, 4.69) is 9.71 Å². The number of halogens is 1. The van der Waals surface area contributed by atoms with Crippen LogP contribution in [0.25, 0.3) is 0 Å². The van der Waals surface area contributed by atoms with Gasteiger partial charge in [0, 0.05) is 18.5 Å². The van der Waals surface area contributed by atoms with Crippen LogP contribution in [0.4, 0.5) is 11.4 Å². The lowest BCUT2D eigenvalue weighted by Gasteiger charge is -2.07. The van der Waals surface area contributed by atoms with Gasteiger partial charge in [-0.15, -0.1) is 0 Å². The molecule has 1 aromatic heterocycles. The Kier molecular flexibility index (Phi) is 3.86. The van der Waals surface area contributed by atoms with Crippen LogP contribution in [0.3, 0.4) is 0 Å². The Labute approximate surface area is 119 Å². The summed E-state index contributed by atoms with van der Waals surface area (Å²) in [5, 5.41) is 10.5. The third-order valence-electron chi connectivity index (χ3n) is 2.34. The van der Waals surface area contributed by atoms with Crippen LogP contribution >= 0.6 is 11.6 Å². The van der Waals surface area contributed by atoms with E-state index in [1.54, 1.807) is 0 Å². The number of nitro groups is 1. The zero-order valence-corrected chi connectivity index (χ0v) is 11.4. The monoisotopic (exact) mass is 313 g/mol. The number of aromatic nitrogens is 1. The van der Waals surface area contributed by atoms with E-state index in [1.165, 1.54) is 36.7 Å². The van der Waals surface area contributed by atoms with Gasteiger partial charge in [0.25, 0.3) is 15.7 Å². The molecule has 104 valence electrons. The summed E-state index contributed by atoms with van der Waals surface area (Å²) in [7, 11) is -3.80. The van der Waals surface area contributed by atoms with Gasteiger partial charge < -0.3 is 0 Å². The Bertz CT molecular complexity index is 750. The number of pyridine rings is 1. The zero-order chi connectivity index (χ0) is 14.8. The molecule has 9 heteroatoms. The first-order valence-electron chi connectivity index (χ1n) is 5.27. The Balaban J connectivity index is 2.31. The van der Waals surface area contributed by atoms with Gasteiger partial charge in [0.1, 0.15) is 9.92 Å². The van der Waals surface area contributed by atoms with Gasteiger partial charge in [-0.2, -0.15) is 0 Å². The fourth-order valence-corrected chi connectivity index (χ4v) is 2.70. The average Bonchev–Trinajstić information content (AvgIpc) is 2.39. The van der Waals surface area contributed by atoms with Crippen molar-refractivity contribution in [2.45, 2.75) is 4.90 Å². The quantitative estimate of drug-likeness (QED) is 0.690. The average molecular weight is 314 g/mol. The molecule has 0 saturated heterocycles. The van der Waals surface area contributed by atoms with Gasteiger partial charge in [0.2, 0.25) is 0 Å². The lowest BCUT2D eigenvalue weighted by Crippen LogP contribution is -2.13. The lowest BCUT2D eigenvalue weighted by molar-refractivity contribution is -0.384. The predicted octanol–water partition coefficient (Wildman–Crippen LogP) is 2.44. The predicted molar refractivity (Wildman–Crippen MR) is 73.2 cm³/mol. The van der Waals surface area contributed by atoms with Crippen molar-refractivity contribution in [1.29, 1.82) is 0 Å². The molecule has 0 aliphatic rings. The molecule has 20 heavy (non-hydrogen) atoms. The SMILES string of the molecule is O=[N+]([O-])c1ccc(NS(=O)(=O)c2cccnc2)cc1Cl. The maximum Gasteiger partial charge on any atom is 0.288 e. The summed E-state index contributed by atoms with van der Waals surface area (Å²) in [6.07, 6.45) is 2.64. The molecule has 1 aromatic carbocycles. The second-order valence-electron chi connectivity index (χ2n) is 3.72. The smallest absolute Gasteiger partial charge is 0.280 e. The summed E-state index contributed by atoms with van der Waals surface area (Å²) in [5.41, 5.74) is -0.166. The normalized spacial score (nSPS) is 11.1. The Morgan fingerprint density at radius 1 is 1.30 bits per heavy atom. The Morgan fingerprint density at radius 2 is 2.05 bits per heavy atom. The van der Waals surface area contributed by atoms with E-state index in [0.717, 1.165) is 6.07 Å². The van der Waals surface area contributed by atoms with Crippen LogP contribution in [0.5, 0.6) is 0 Å². The lowest BCUT2D eigenvalue weighted by atomic mass is 10.3. The maximum atomic E-state index is 12.0.